The van der Waals surface area contributed by atoms with Crippen molar-refractivity contribution in [2.24, 2.45) is 7.05 Å². The van der Waals surface area contributed by atoms with E-state index >= 15 is 0 Å². The van der Waals surface area contributed by atoms with Crippen LogP contribution in [0.2, 0.25) is 0 Å². The fourth-order valence-electron chi connectivity index (χ4n) is 1.93. The normalized spacial score (nSPS) is 10.2. The molecule has 1 N–H and O–H groups in total. The van der Waals surface area contributed by atoms with E-state index in [4.69, 9.17) is 4.74 Å². The molecule has 0 aliphatic heterocycles. The number of aromatic carboxylic acids is 1. The van der Waals surface area contributed by atoms with Crippen molar-refractivity contribution in [1.29, 1.82) is 0 Å². The molecule has 0 aliphatic rings. The average Bonchev–Trinajstić information content (AvgIpc) is 2.41. The predicted octanol–water partition coefficient (Wildman–Crippen LogP) is 1.76. The van der Waals surface area contributed by atoms with Crippen LogP contribution in [-0.4, -0.2) is 22.8 Å². The van der Waals surface area contributed by atoms with E-state index in [0.717, 1.165) is 0 Å². The first-order valence-corrected chi connectivity index (χ1v) is 5.62. The second-order valence-electron chi connectivity index (χ2n) is 4.03. The number of hydrogen-bond donors (Lipinski definition) is 1. The van der Waals surface area contributed by atoms with Crippen LogP contribution in [0.1, 0.15) is 10.4 Å². The van der Waals surface area contributed by atoms with Crippen LogP contribution < -0.4 is 10.3 Å². The highest BCUT2D eigenvalue weighted by molar-refractivity contribution is 5.96. The molecular weight excluding hydrogens is 246 g/mol. The third kappa shape index (κ3) is 2.22. The predicted molar refractivity (Wildman–Crippen MR) is 70.6 cm³/mol. The van der Waals surface area contributed by atoms with Gasteiger partial charge in [-0.25, -0.2) is 4.79 Å². The van der Waals surface area contributed by atoms with Gasteiger partial charge in [-0.3, -0.25) is 4.79 Å². The van der Waals surface area contributed by atoms with E-state index in [1.165, 1.54) is 24.9 Å². The third-order valence-corrected chi connectivity index (χ3v) is 2.88. The Hall–Kier alpha value is -2.56. The van der Waals surface area contributed by atoms with Crippen LogP contribution in [0, 0.1) is 0 Å². The Kier molecular flexibility index (Phi) is 3.37. The second-order valence-corrected chi connectivity index (χ2v) is 4.03. The van der Waals surface area contributed by atoms with Gasteiger partial charge in [0.15, 0.2) is 0 Å². The lowest BCUT2D eigenvalue weighted by Gasteiger charge is -2.11. The Morgan fingerprint density at radius 3 is 2.53 bits per heavy atom. The quantitative estimate of drug-likeness (QED) is 0.911. The summed E-state index contributed by atoms with van der Waals surface area (Å²) in [6.45, 7) is 0. The molecule has 0 saturated heterocycles. The zero-order valence-corrected chi connectivity index (χ0v) is 10.6. The molecule has 5 heteroatoms. The van der Waals surface area contributed by atoms with E-state index < -0.39 is 11.5 Å². The number of ether oxygens (including phenoxy) is 1. The summed E-state index contributed by atoms with van der Waals surface area (Å²) in [5.74, 6) is -0.722. The van der Waals surface area contributed by atoms with Gasteiger partial charge in [-0.15, -0.1) is 0 Å². The topological polar surface area (TPSA) is 68.5 Å². The number of methoxy groups -OCH3 is 1. The zero-order chi connectivity index (χ0) is 14.0. The number of pyridine rings is 1. The Balaban J connectivity index is 2.80. The number of carboxylic acids is 1. The van der Waals surface area contributed by atoms with Crippen LogP contribution in [0.4, 0.5) is 0 Å². The van der Waals surface area contributed by atoms with Crippen molar-refractivity contribution in [3.05, 3.63) is 52.4 Å². The number of aryl methyl sites for hydroxylation is 1. The van der Waals surface area contributed by atoms with Gasteiger partial charge in [-0.2, -0.15) is 0 Å². The molecule has 2 aromatic rings. The van der Waals surface area contributed by atoms with Crippen LogP contribution in [0.15, 0.2) is 41.3 Å². The SMILES string of the molecule is COc1ccccc1-c1ccn(C)c(=O)c1C(=O)O. The zero-order valence-electron chi connectivity index (χ0n) is 10.6. The van der Waals surface area contributed by atoms with Gasteiger partial charge < -0.3 is 14.4 Å². The molecule has 1 aromatic carbocycles. The second kappa shape index (κ2) is 4.97. The van der Waals surface area contributed by atoms with Gasteiger partial charge in [0.25, 0.3) is 5.56 Å². The summed E-state index contributed by atoms with van der Waals surface area (Å²) in [4.78, 5) is 23.3. The third-order valence-electron chi connectivity index (χ3n) is 2.88. The Morgan fingerprint density at radius 1 is 1.21 bits per heavy atom. The Morgan fingerprint density at radius 2 is 1.89 bits per heavy atom. The summed E-state index contributed by atoms with van der Waals surface area (Å²) < 4.78 is 6.44. The average molecular weight is 259 g/mol. The summed E-state index contributed by atoms with van der Waals surface area (Å²) >= 11 is 0. The minimum atomic E-state index is -1.25. The molecule has 0 fully saturated rings. The minimum Gasteiger partial charge on any atom is -0.496 e. The van der Waals surface area contributed by atoms with Crippen molar-refractivity contribution in [2.45, 2.75) is 0 Å². The van der Waals surface area contributed by atoms with Crippen molar-refractivity contribution in [1.82, 2.24) is 4.57 Å². The molecule has 2 rings (SSSR count). The van der Waals surface area contributed by atoms with Crippen molar-refractivity contribution in [3.8, 4) is 16.9 Å². The summed E-state index contributed by atoms with van der Waals surface area (Å²) in [5.41, 5.74) is 0.138. The molecule has 98 valence electrons. The van der Waals surface area contributed by atoms with Crippen LogP contribution in [-0.2, 0) is 7.05 Å². The first-order chi connectivity index (χ1) is 9.06. The van der Waals surface area contributed by atoms with Crippen LogP contribution in [0.25, 0.3) is 11.1 Å². The van der Waals surface area contributed by atoms with Crippen LogP contribution in [0.5, 0.6) is 5.75 Å². The maximum atomic E-state index is 11.9. The molecule has 0 atom stereocenters. The molecule has 0 saturated carbocycles. The van der Waals surface area contributed by atoms with Crippen LogP contribution >= 0.6 is 0 Å². The number of carbonyl (C=O) groups is 1. The molecule has 0 bridgehead atoms. The Bertz CT molecular complexity index is 688. The molecule has 1 aromatic heterocycles. The van der Waals surface area contributed by atoms with Crippen LogP contribution in [0.3, 0.4) is 0 Å². The van der Waals surface area contributed by atoms with Crippen molar-refractivity contribution in [3.63, 3.8) is 0 Å². The van der Waals surface area contributed by atoms with E-state index in [1.807, 2.05) is 0 Å². The van der Waals surface area contributed by atoms with Gasteiger partial charge >= 0.3 is 5.97 Å². The molecule has 0 unspecified atom stereocenters. The lowest BCUT2D eigenvalue weighted by atomic mass is 10.0. The largest absolute Gasteiger partial charge is 0.496 e. The number of nitrogens with zero attached hydrogens (tertiary/aromatic N) is 1. The van der Waals surface area contributed by atoms with Gasteiger partial charge in [0, 0.05) is 24.4 Å². The fourth-order valence-corrected chi connectivity index (χ4v) is 1.93. The summed E-state index contributed by atoms with van der Waals surface area (Å²) in [6.07, 6.45) is 1.54. The van der Waals surface area contributed by atoms with E-state index in [-0.39, 0.29) is 5.56 Å². The maximum absolute atomic E-state index is 11.9. The fraction of sp³-hybridized carbons (Fsp3) is 0.143. The number of hydrogen-bond acceptors (Lipinski definition) is 3. The number of carboxylic acid groups (broad SMARTS) is 1. The minimum absolute atomic E-state index is 0.255. The first-order valence-electron chi connectivity index (χ1n) is 5.62. The molecule has 0 spiro atoms. The van der Waals surface area contributed by atoms with Gasteiger partial charge in [0.05, 0.1) is 7.11 Å². The molecule has 5 nitrogen and oxygen atoms in total. The maximum Gasteiger partial charge on any atom is 0.341 e. The highest BCUT2D eigenvalue weighted by atomic mass is 16.5. The highest BCUT2D eigenvalue weighted by Gasteiger charge is 2.19. The van der Waals surface area contributed by atoms with E-state index in [9.17, 15) is 14.7 Å². The van der Waals surface area contributed by atoms with Crippen molar-refractivity contribution in [2.75, 3.05) is 7.11 Å². The van der Waals surface area contributed by atoms with E-state index in [2.05, 4.69) is 0 Å². The van der Waals surface area contributed by atoms with Crippen molar-refractivity contribution >= 4 is 5.97 Å². The number of rotatable bonds is 3. The first kappa shape index (κ1) is 12.9. The molecule has 0 amide bonds. The van der Waals surface area contributed by atoms with Crippen molar-refractivity contribution < 1.29 is 14.6 Å². The molecule has 19 heavy (non-hydrogen) atoms. The van der Waals surface area contributed by atoms with Gasteiger partial charge in [0.1, 0.15) is 11.3 Å². The lowest BCUT2D eigenvalue weighted by Crippen LogP contribution is -2.24. The van der Waals surface area contributed by atoms with Gasteiger partial charge in [-0.05, 0) is 12.1 Å². The van der Waals surface area contributed by atoms with Gasteiger partial charge in [-0.1, -0.05) is 18.2 Å². The van der Waals surface area contributed by atoms with Gasteiger partial charge in [0.2, 0.25) is 0 Å². The summed E-state index contributed by atoms with van der Waals surface area (Å²) in [7, 11) is 3.01. The number of benzene rings is 1. The molecular formula is C14H13NO4. The van der Waals surface area contributed by atoms with E-state index in [0.29, 0.717) is 16.9 Å². The molecule has 1 heterocycles. The number of aromatic nitrogens is 1. The van der Waals surface area contributed by atoms with E-state index in [1.54, 1.807) is 30.3 Å². The highest BCUT2D eigenvalue weighted by Crippen LogP contribution is 2.30. The summed E-state index contributed by atoms with van der Waals surface area (Å²) in [5, 5.41) is 9.24. The standard InChI is InChI=1S/C14H13NO4/c1-15-8-7-10(12(13(15)16)14(17)18)9-5-3-4-6-11(9)19-2/h3-8H,1-2H3,(H,17,18). The molecule has 0 radical (unpaired) electrons. The number of para-hydroxylation sites is 1. The smallest absolute Gasteiger partial charge is 0.341 e. The summed E-state index contributed by atoms with van der Waals surface area (Å²) in [6, 6.07) is 8.59. The molecule has 0 aliphatic carbocycles. The Labute approximate surface area is 109 Å². The lowest BCUT2D eigenvalue weighted by molar-refractivity contribution is 0.0695. The monoisotopic (exact) mass is 259 g/mol.